The zero-order valence-corrected chi connectivity index (χ0v) is 13.6. The molecule has 1 aromatic carbocycles. The smallest absolute Gasteiger partial charge is 0.140 e. The van der Waals surface area contributed by atoms with E-state index in [1.165, 1.54) is 12.1 Å². The Morgan fingerprint density at radius 1 is 1.38 bits per heavy atom. The van der Waals surface area contributed by atoms with Gasteiger partial charge in [0, 0.05) is 28.5 Å². The van der Waals surface area contributed by atoms with Crippen molar-refractivity contribution in [1.29, 1.82) is 0 Å². The third kappa shape index (κ3) is 4.02. The molecule has 5 heteroatoms. The van der Waals surface area contributed by atoms with Gasteiger partial charge >= 0.3 is 0 Å². The molecule has 1 atom stereocenters. The first-order valence-corrected chi connectivity index (χ1v) is 7.78. The van der Waals surface area contributed by atoms with Gasteiger partial charge < -0.3 is 10.5 Å². The van der Waals surface area contributed by atoms with E-state index >= 15 is 0 Å². The van der Waals surface area contributed by atoms with Crippen molar-refractivity contribution >= 4 is 11.3 Å². The van der Waals surface area contributed by atoms with Gasteiger partial charge in [-0.2, -0.15) is 0 Å². The Bertz CT molecular complexity index is 617. The fourth-order valence-corrected chi connectivity index (χ4v) is 2.80. The topological polar surface area (TPSA) is 48.1 Å². The summed E-state index contributed by atoms with van der Waals surface area (Å²) in [5.74, 6) is 0.154. The zero-order chi connectivity index (χ0) is 15.6. The minimum atomic E-state index is -0.330. The van der Waals surface area contributed by atoms with E-state index in [9.17, 15) is 4.39 Å². The number of rotatable bonds is 4. The summed E-state index contributed by atoms with van der Waals surface area (Å²) in [7, 11) is 0. The molecule has 2 rings (SSSR count). The van der Waals surface area contributed by atoms with Gasteiger partial charge in [0.05, 0.1) is 5.69 Å². The molecule has 0 radical (unpaired) electrons. The van der Waals surface area contributed by atoms with Gasteiger partial charge in [0.1, 0.15) is 23.2 Å². The van der Waals surface area contributed by atoms with Crippen molar-refractivity contribution in [1.82, 2.24) is 4.98 Å². The summed E-state index contributed by atoms with van der Waals surface area (Å²) < 4.78 is 19.1. The number of benzene rings is 1. The van der Waals surface area contributed by atoms with Crippen LogP contribution in [-0.2, 0) is 12.0 Å². The lowest BCUT2D eigenvalue weighted by atomic mass is 9.93. The molecule has 0 fully saturated rings. The van der Waals surface area contributed by atoms with Gasteiger partial charge in [-0.3, -0.25) is 0 Å². The highest BCUT2D eigenvalue weighted by molar-refractivity contribution is 7.09. The van der Waals surface area contributed by atoms with Crippen LogP contribution in [0.15, 0.2) is 23.6 Å². The minimum Gasteiger partial charge on any atom is -0.486 e. The van der Waals surface area contributed by atoms with Crippen LogP contribution in [-0.4, -0.2) is 4.98 Å². The van der Waals surface area contributed by atoms with Gasteiger partial charge in [-0.1, -0.05) is 26.8 Å². The maximum atomic E-state index is 13.4. The van der Waals surface area contributed by atoms with Gasteiger partial charge in [0.2, 0.25) is 0 Å². The molecule has 3 nitrogen and oxygen atoms in total. The highest BCUT2D eigenvalue weighted by Gasteiger charge is 2.18. The molecule has 0 saturated heterocycles. The highest BCUT2D eigenvalue weighted by atomic mass is 32.1. The van der Waals surface area contributed by atoms with Crippen molar-refractivity contribution in [3.8, 4) is 5.75 Å². The Morgan fingerprint density at radius 2 is 2.10 bits per heavy atom. The molecule has 2 N–H and O–H groups in total. The molecule has 0 bridgehead atoms. The molecule has 2 aromatic rings. The number of hydrogen-bond acceptors (Lipinski definition) is 4. The average molecular weight is 308 g/mol. The summed E-state index contributed by atoms with van der Waals surface area (Å²) in [6.45, 7) is 8.53. The van der Waals surface area contributed by atoms with E-state index in [0.717, 1.165) is 16.3 Å². The van der Waals surface area contributed by atoms with Crippen LogP contribution < -0.4 is 10.5 Å². The van der Waals surface area contributed by atoms with Gasteiger partial charge in [0.15, 0.2) is 0 Å². The minimum absolute atomic E-state index is 0.0184. The zero-order valence-electron chi connectivity index (χ0n) is 12.8. The van der Waals surface area contributed by atoms with Crippen molar-refractivity contribution in [2.75, 3.05) is 0 Å². The van der Waals surface area contributed by atoms with Gasteiger partial charge in [0.25, 0.3) is 0 Å². The summed E-state index contributed by atoms with van der Waals surface area (Å²) in [5, 5.41) is 2.91. The van der Waals surface area contributed by atoms with Crippen LogP contribution in [0, 0.1) is 5.82 Å². The third-order valence-electron chi connectivity index (χ3n) is 3.14. The summed E-state index contributed by atoms with van der Waals surface area (Å²) >= 11 is 1.55. The fraction of sp³-hybridized carbons (Fsp3) is 0.438. The Morgan fingerprint density at radius 3 is 2.67 bits per heavy atom. The first kappa shape index (κ1) is 15.9. The first-order chi connectivity index (χ1) is 9.77. The van der Waals surface area contributed by atoms with Crippen LogP contribution in [0.4, 0.5) is 4.39 Å². The Labute approximate surface area is 129 Å². The van der Waals surface area contributed by atoms with E-state index < -0.39 is 0 Å². The molecule has 0 aliphatic heterocycles. The molecule has 0 amide bonds. The normalized spacial score (nSPS) is 13.2. The van der Waals surface area contributed by atoms with Gasteiger partial charge in [-0.25, -0.2) is 9.37 Å². The fourth-order valence-electron chi connectivity index (χ4n) is 1.87. The Kier molecular flexibility index (Phi) is 4.64. The standard InChI is InChI=1S/C16H21FN2OS/c1-10(18)12-6-5-11(17)7-13(12)20-8-15-19-14(9-21-15)16(2,3)4/h5-7,9-10H,8,18H2,1-4H3/t10-/m1/s1. The second kappa shape index (κ2) is 6.12. The first-order valence-electron chi connectivity index (χ1n) is 6.90. The molecule has 0 saturated carbocycles. The number of ether oxygens (including phenoxy) is 1. The summed E-state index contributed by atoms with van der Waals surface area (Å²) in [6, 6.07) is 4.23. The Hall–Kier alpha value is -1.46. The molecule has 114 valence electrons. The number of thiazole rings is 1. The maximum absolute atomic E-state index is 13.4. The van der Waals surface area contributed by atoms with E-state index in [0.29, 0.717) is 12.4 Å². The summed E-state index contributed by atoms with van der Waals surface area (Å²) in [6.07, 6.45) is 0. The Balaban J connectivity index is 2.13. The van der Waals surface area contributed by atoms with Crippen molar-refractivity contribution < 1.29 is 9.13 Å². The van der Waals surface area contributed by atoms with Crippen LogP contribution in [0.5, 0.6) is 5.75 Å². The molecule has 21 heavy (non-hydrogen) atoms. The van der Waals surface area contributed by atoms with E-state index in [1.807, 2.05) is 12.3 Å². The molecule has 0 unspecified atom stereocenters. The second-order valence-corrected chi connectivity index (χ2v) is 7.08. The van der Waals surface area contributed by atoms with Crippen LogP contribution in [0.2, 0.25) is 0 Å². The quantitative estimate of drug-likeness (QED) is 0.922. The van der Waals surface area contributed by atoms with Crippen molar-refractivity contribution in [3.05, 3.63) is 45.7 Å². The van der Waals surface area contributed by atoms with Crippen LogP contribution in [0.3, 0.4) is 0 Å². The summed E-state index contributed by atoms with van der Waals surface area (Å²) in [4.78, 5) is 4.56. The van der Waals surface area contributed by atoms with Crippen molar-refractivity contribution in [3.63, 3.8) is 0 Å². The predicted molar refractivity (Wildman–Crippen MR) is 84.1 cm³/mol. The highest BCUT2D eigenvalue weighted by Crippen LogP contribution is 2.27. The number of hydrogen-bond donors (Lipinski definition) is 1. The summed E-state index contributed by atoms with van der Waals surface area (Å²) in [5.41, 5.74) is 7.73. The van der Waals surface area contributed by atoms with Crippen molar-refractivity contribution in [2.24, 2.45) is 5.73 Å². The van der Waals surface area contributed by atoms with E-state index in [4.69, 9.17) is 10.5 Å². The molecule has 1 aromatic heterocycles. The largest absolute Gasteiger partial charge is 0.486 e. The average Bonchev–Trinajstić information content (AvgIpc) is 2.84. The van der Waals surface area contributed by atoms with Gasteiger partial charge in [-0.15, -0.1) is 11.3 Å². The van der Waals surface area contributed by atoms with Crippen LogP contribution in [0.1, 0.15) is 50.0 Å². The van der Waals surface area contributed by atoms with Crippen molar-refractivity contribution in [2.45, 2.75) is 45.8 Å². The van der Waals surface area contributed by atoms with E-state index in [-0.39, 0.29) is 17.3 Å². The molecule has 1 heterocycles. The molecule has 0 spiro atoms. The molecule has 0 aliphatic carbocycles. The van der Waals surface area contributed by atoms with E-state index in [1.54, 1.807) is 17.4 Å². The maximum Gasteiger partial charge on any atom is 0.140 e. The monoisotopic (exact) mass is 308 g/mol. The predicted octanol–water partition coefficient (Wildman–Crippen LogP) is 4.18. The lowest BCUT2D eigenvalue weighted by Crippen LogP contribution is -2.12. The number of nitrogens with two attached hydrogens (primary N) is 1. The van der Waals surface area contributed by atoms with E-state index in [2.05, 4.69) is 25.8 Å². The lowest BCUT2D eigenvalue weighted by Gasteiger charge is -2.15. The van der Waals surface area contributed by atoms with Crippen LogP contribution in [0.25, 0.3) is 0 Å². The van der Waals surface area contributed by atoms with Crippen LogP contribution >= 0.6 is 11.3 Å². The number of halogens is 1. The molecular weight excluding hydrogens is 287 g/mol. The third-order valence-corrected chi connectivity index (χ3v) is 3.96. The SMILES string of the molecule is C[C@@H](N)c1ccc(F)cc1OCc1nc(C(C)(C)C)cs1. The molecular formula is C16H21FN2OS. The second-order valence-electron chi connectivity index (χ2n) is 6.14. The number of nitrogens with zero attached hydrogens (tertiary/aromatic N) is 1. The lowest BCUT2D eigenvalue weighted by molar-refractivity contribution is 0.298. The number of aromatic nitrogens is 1. The molecule has 0 aliphatic rings. The van der Waals surface area contributed by atoms with Gasteiger partial charge in [-0.05, 0) is 13.0 Å².